The third-order valence-electron chi connectivity index (χ3n) is 5.72. The molecule has 0 aromatic heterocycles. The van der Waals surface area contributed by atoms with Crippen LogP contribution in [0, 0.1) is 0 Å². The molecule has 2 N–H and O–H groups in total. The summed E-state index contributed by atoms with van der Waals surface area (Å²) in [5, 5.41) is 13.7. The maximum absolute atomic E-state index is 12.6. The van der Waals surface area contributed by atoms with E-state index in [0.29, 0.717) is 5.75 Å². The average Bonchev–Trinajstić information content (AvgIpc) is 2.78. The van der Waals surface area contributed by atoms with E-state index in [1.54, 1.807) is 30.3 Å². The molecule has 2 aromatic carbocycles. The summed E-state index contributed by atoms with van der Waals surface area (Å²) >= 11 is 0. The van der Waals surface area contributed by atoms with Crippen molar-refractivity contribution in [2.75, 3.05) is 20.2 Å². The third kappa shape index (κ3) is 3.83. The zero-order valence-electron chi connectivity index (χ0n) is 16.3. The Morgan fingerprint density at radius 1 is 1.03 bits per heavy atom. The summed E-state index contributed by atoms with van der Waals surface area (Å²) < 4.78 is 11.3. The minimum absolute atomic E-state index is 0.128. The predicted octanol–water partition coefficient (Wildman–Crippen LogP) is 2.81. The number of fused-ring (bicyclic) bond motifs is 1. The smallest absolute Gasteiger partial charge is 0.284 e. The maximum atomic E-state index is 12.6. The van der Waals surface area contributed by atoms with E-state index in [1.165, 1.54) is 19.2 Å². The second-order valence-electron chi connectivity index (χ2n) is 7.51. The zero-order valence-corrected chi connectivity index (χ0v) is 16.3. The Kier molecular flexibility index (Phi) is 5.25. The van der Waals surface area contributed by atoms with Crippen molar-refractivity contribution in [3.63, 3.8) is 0 Å². The van der Waals surface area contributed by atoms with E-state index in [-0.39, 0.29) is 21.8 Å². The van der Waals surface area contributed by atoms with Crippen LogP contribution >= 0.6 is 0 Å². The maximum Gasteiger partial charge on any atom is 0.284 e. The van der Waals surface area contributed by atoms with Gasteiger partial charge < -0.3 is 14.8 Å². The number of piperidine rings is 1. The van der Waals surface area contributed by atoms with Crippen molar-refractivity contribution >= 4 is 11.8 Å². The van der Waals surface area contributed by atoms with Crippen molar-refractivity contribution in [3.05, 3.63) is 59.2 Å². The largest absolute Gasteiger partial charge is 0.497 e. The lowest BCUT2D eigenvalue weighted by Gasteiger charge is -2.41. The van der Waals surface area contributed by atoms with Gasteiger partial charge in [0.25, 0.3) is 11.8 Å². The van der Waals surface area contributed by atoms with Crippen LogP contribution in [-0.2, 0) is 6.42 Å². The number of amides is 2. The normalized spacial score (nSPS) is 17.2. The summed E-state index contributed by atoms with van der Waals surface area (Å²) in [6.45, 7) is 1.89. The fourth-order valence-corrected chi connectivity index (χ4v) is 3.96. The highest BCUT2D eigenvalue weighted by atomic mass is 16.5. The number of nitrogens with zero attached hydrogens (tertiary/aromatic N) is 1. The molecule has 2 aliphatic rings. The van der Waals surface area contributed by atoms with Crippen LogP contribution in [0.1, 0.15) is 45.5 Å². The number of hydrogen-bond donors (Lipinski definition) is 2. The Bertz CT molecular complexity index is 919. The number of carbonyl (C=O) groups is 2. The average molecular weight is 396 g/mol. The molecule has 7 nitrogen and oxygen atoms in total. The number of hydrogen-bond acceptors (Lipinski definition) is 6. The van der Waals surface area contributed by atoms with Crippen molar-refractivity contribution in [2.24, 2.45) is 0 Å². The van der Waals surface area contributed by atoms with Gasteiger partial charge in [-0.2, -0.15) is 0 Å². The Morgan fingerprint density at radius 3 is 2.38 bits per heavy atom. The summed E-state index contributed by atoms with van der Waals surface area (Å²) in [5.41, 5.74) is 1.23. The summed E-state index contributed by atoms with van der Waals surface area (Å²) in [6.07, 6.45) is 3.63. The highest BCUT2D eigenvalue weighted by Gasteiger charge is 2.37. The van der Waals surface area contributed by atoms with Crippen LogP contribution in [0.2, 0.25) is 0 Å². The summed E-state index contributed by atoms with van der Waals surface area (Å²) in [5.74, 6) is -0.199. The molecule has 0 radical (unpaired) electrons. The minimum Gasteiger partial charge on any atom is -0.497 e. The molecule has 1 saturated heterocycles. The molecule has 7 heteroatoms. The van der Waals surface area contributed by atoms with Crippen LogP contribution in [-0.4, -0.2) is 47.9 Å². The van der Waals surface area contributed by atoms with Gasteiger partial charge in [-0.05, 0) is 86.8 Å². The first-order valence-corrected chi connectivity index (χ1v) is 9.76. The number of rotatable bonds is 3. The van der Waals surface area contributed by atoms with E-state index in [2.05, 4.69) is 5.32 Å². The van der Waals surface area contributed by atoms with Crippen LogP contribution in [0.25, 0.3) is 0 Å². The van der Waals surface area contributed by atoms with E-state index >= 15 is 0 Å². The van der Waals surface area contributed by atoms with Crippen molar-refractivity contribution < 1.29 is 24.3 Å². The molecule has 2 amide bonds. The van der Waals surface area contributed by atoms with Gasteiger partial charge in [-0.1, -0.05) is 0 Å². The molecule has 0 bridgehead atoms. The SMILES string of the molecule is COc1ccc(C(=O)N(O)C(=O)c2ccc3c(c2)CCC2(CCNCC2)O3)cc1. The van der Waals surface area contributed by atoms with Crippen LogP contribution in [0.4, 0.5) is 0 Å². The summed E-state index contributed by atoms with van der Waals surface area (Å²) in [7, 11) is 1.52. The van der Waals surface area contributed by atoms with E-state index in [1.807, 2.05) is 0 Å². The second-order valence-corrected chi connectivity index (χ2v) is 7.51. The van der Waals surface area contributed by atoms with Crippen LogP contribution < -0.4 is 14.8 Å². The molecule has 0 unspecified atom stereocenters. The van der Waals surface area contributed by atoms with Gasteiger partial charge in [-0.15, -0.1) is 5.06 Å². The van der Waals surface area contributed by atoms with Crippen LogP contribution in [0.15, 0.2) is 42.5 Å². The lowest BCUT2D eigenvalue weighted by molar-refractivity contribution is -0.0371. The van der Waals surface area contributed by atoms with Crippen molar-refractivity contribution in [1.82, 2.24) is 10.4 Å². The number of benzene rings is 2. The van der Waals surface area contributed by atoms with E-state index in [4.69, 9.17) is 9.47 Å². The fraction of sp³-hybridized carbons (Fsp3) is 0.364. The first kappa shape index (κ1) is 19.4. The van der Waals surface area contributed by atoms with E-state index < -0.39 is 11.8 Å². The highest BCUT2D eigenvalue weighted by molar-refractivity contribution is 6.09. The van der Waals surface area contributed by atoms with Crippen LogP contribution in [0.3, 0.4) is 0 Å². The molecular formula is C22H24N2O5. The quantitative estimate of drug-likeness (QED) is 0.471. The van der Waals surface area contributed by atoms with Gasteiger partial charge in [-0.3, -0.25) is 14.8 Å². The molecule has 1 spiro atoms. The molecule has 4 rings (SSSR count). The van der Waals surface area contributed by atoms with Gasteiger partial charge in [0.05, 0.1) is 7.11 Å². The first-order valence-electron chi connectivity index (χ1n) is 9.76. The molecule has 2 heterocycles. The number of nitrogens with one attached hydrogen (secondary N) is 1. The van der Waals surface area contributed by atoms with Gasteiger partial charge in [0.1, 0.15) is 17.1 Å². The molecule has 1 fully saturated rings. The highest BCUT2D eigenvalue weighted by Crippen LogP contribution is 2.38. The molecule has 0 atom stereocenters. The number of methoxy groups -OCH3 is 1. The van der Waals surface area contributed by atoms with E-state index in [0.717, 1.165) is 50.1 Å². The Balaban J connectivity index is 1.49. The minimum atomic E-state index is -0.791. The molecule has 152 valence electrons. The van der Waals surface area contributed by atoms with Crippen molar-refractivity contribution in [2.45, 2.75) is 31.3 Å². The van der Waals surface area contributed by atoms with Gasteiger partial charge in [0.15, 0.2) is 0 Å². The topological polar surface area (TPSA) is 88.1 Å². The van der Waals surface area contributed by atoms with Crippen molar-refractivity contribution in [1.29, 1.82) is 0 Å². The number of aryl methyl sites for hydroxylation is 1. The van der Waals surface area contributed by atoms with E-state index in [9.17, 15) is 14.8 Å². The van der Waals surface area contributed by atoms with Gasteiger partial charge >= 0.3 is 0 Å². The van der Waals surface area contributed by atoms with Crippen molar-refractivity contribution in [3.8, 4) is 11.5 Å². The molecule has 2 aromatic rings. The summed E-state index contributed by atoms with van der Waals surface area (Å²) in [4.78, 5) is 25.1. The standard InChI is InChI=1S/C22H24N2O5/c1-28-18-5-2-15(3-6-18)20(25)24(27)21(26)17-4-7-19-16(14-17)8-9-22(29-19)10-12-23-13-11-22/h2-7,14,23,27H,8-13H2,1H3. The molecule has 29 heavy (non-hydrogen) atoms. The van der Waals surface area contributed by atoms with Gasteiger partial charge in [-0.25, -0.2) is 0 Å². The molecule has 0 aliphatic carbocycles. The number of ether oxygens (including phenoxy) is 2. The number of imide groups is 1. The number of carbonyl (C=O) groups excluding carboxylic acids is 2. The van der Waals surface area contributed by atoms with Gasteiger partial charge in [0, 0.05) is 11.1 Å². The third-order valence-corrected chi connectivity index (χ3v) is 5.72. The first-order chi connectivity index (χ1) is 14.0. The lowest BCUT2D eigenvalue weighted by atomic mass is 9.83. The van der Waals surface area contributed by atoms with Gasteiger partial charge in [0.2, 0.25) is 0 Å². The van der Waals surface area contributed by atoms with Crippen LogP contribution in [0.5, 0.6) is 11.5 Å². The molecular weight excluding hydrogens is 372 g/mol. The Labute approximate surface area is 169 Å². The molecule has 0 saturated carbocycles. The number of hydroxylamine groups is 2. The summed E-state index contributed by atoms with van der Waals surface area (Å²) in [6, 6.07) is 11.2. The lowest BCUT2D eigenvalue weighted by Crippen LogP contribution is -2.48. The molecule has 2 aliphatic heterocycles. The predicted molar refractivity (Wildman–Crippen MR) is 106 cm³/mol. The monoisotopic (exact) mass is 396 g/mol. The second kappa shape index (κ2) is 7.85. The Hall–Kier alpha value is -2.90. The Morgan fingerprint density at radius 2 is 1.69 bits per heavy atom. The zero-order chi connectivity index (χ0) is 20.4. The fourth-order valence-electron chi connectivity index (χ4n) is 3.96.